The predicted octanol–water partition coefficient (Wildman–Crippen LogP) is 1.30. The molecule has 0 aromatic heterocycles. The van der Waals surface area contributed by atoms with Gasteiger partial charge in [0.15, 0.2) is 0 Å². The first-order valence-electron chi connectivity index (χ1n) is 5.60. The molecule has 2 atom stereocenters. The van der Waals surface area contributed by atoms with Crippen LogP contribution in [-0.4, -0.2) is 25.9 Å². The maximum atomic E-state index is 11.8. The molecule has 0 radical (unpaired) electrons. The molecule has 2 N–H and O–H groups in total. The highest BCUT2D eigenvalue weighted by Gasteiger charge is 2.18. The van der Waals surface area contributed by atoms with Gasteiger partial charge in [-0.1, -0.05) is 37.3 Å². The van der Waals surface area contributed by atoms with Crippen molar-refractivity contribution in [3.63, 3.8) is 0 Å². The van der Waals surface area contributed by atoms with Crippen LogP contribution < -0.4 is 4.72 Å². The van der Waals surface area contributed by atoms with Gasteiger partial charge in [-0.25, -0.2) is 13.1 Å². The minimum absolute atomic E-state index is 0.0549. The summed E-state index contributed by atoms with van der Waals surface area (Å²) >= 11 is 0. The standard InChI is InChI=1S/C12H19NO3S/c1-10(8-14)9-17(15,16)13-11(2)12-6-4-3-5-7-12/h3-7,10-11,13-14H,8-9H2,1-2H3. The quantitative estimate of drug-likeness (QED) is 0.807. The Labute approximate surface area is 103 Å². The van der Waals surface area contributed by atoms with Gasteiger partial charge < -0.3 is 5.11 Å². The van der Waals surface area contributed by atoms with Gasteiger partial charge in [-0.2, -0.15) is 0 Å². The zero-order valence-corrected chi connectivity index (χ0v) is 10.9. The van der Waals surface area contributed by atoms with E-state index in [2.05, 4.69) is 4.72 Å². The SMILES string of the molecule is CC(CO)CS(=O)(=O)NC(C)c1ccccc1. The highest BCUT2D eigenvalue weighted by atomic mass is 32.2. The summed E-state index contributed by atoms with van der Waals surface area (Å²) < 4.78 is 26.1. The molecule has 1 aromatic carbocycles. The Morgan fingerprint density at radius 1 is 1.24 bits per heavy atom. The van der Waals surface area contributed by atoms with Gasteiger partial charge in [-0.15, -0.1) is 0 Å². The molecule has 0 saturated heterocycles. The normalized spacial score (nSPS) is 15.5. The third-order valence-electron chi connectivity index (χ3n) is 2.47. The van der Waals surface area contributed by atoms with Crippen molar-refractivity contribution in [2.75, 3.05) is 12.4 Å². The monoisotopic (exact) mass is 257 g/mol. The molecule has 2 unspecified atom stereocenters. The smallest absolute Gasteiger partial charge is 0.212 e. The van der Waals surface area contributed by atoms with Crippen molar-refractivity contribution < 1.29 is 13.5 Å². The average Bonchev–Trinajstić information content (AvgIpc) is 2.28. The van der Waals surface area contributed by atoms with Gasteiger partial charge in [-0.05, 0) is 18.4 Å². The number of nitrogens with one attached hydrogen (secondary N) is 1. The average molecular weight is 257 g/mol. The van der Waals surface area contributed by atoms with E-state index in [0.717, 1.165) is 5.56 Å². The van der Waals surface area contributed by atoms with Crippen molar-refractivity contribution in [1.82, 2.24) is 4.72 Å². The zero-order chi connectivity index (χ0) is 12.9. The number of aliphatic hydroxyl groups is 1. The Morgan fingerprint density at radius 2 is 1.82 bits per heavy atom. The van der Waals surface area contributed by atoms with Crippen molar-refractivity contribution in [2.45, 2.75) is 19.9 Å². The van der Waals surface area contributed by atoms with Crippen molar-refractivity contribution in [2.24, 2.45) is 5.92 Å². The van der Waals surface area contributed by atoms with Gasteiger partial charge in [-0.3, -0.25) is 0 Å². The molecule has 0 aliphatic rings. The fraction of sp³-hybridized carbons (Fsp3) is 0.500. The van der Waals surface area contributed by atoms with E-state index < -0.39 is 10.0 Å². The first-order valence-corrected chi connectivity index (χ1v) is 7.25. The van der Waals surface area contributed by atoms with E-state index in [1.165, 1.54) is 0 Å². The van der Waals surface area contributed by atoms with E-state index in [-0.39, 0.29) is 24.3 Å². The van der Waals surface area contributed by atoms with Gasteiger partial charge in [0.2, 0.25) is 10.0 Å². The summed E-state index contributed by atoms with van der Waals surface area (Å²) in [5, 5.41) is 8.86. The molecule has 0 spiro atoms. The molecule has 4 nitrogen and oxygen atoms in total. The number of benzene rings is 1. The first kappa shape index (κ1) is 14.2. The topological polar surface area (TPSA) is 66.4 Å². The van der Waals surface area contributed by atoms with Crippen LogP contribution in [0.3, 0.4) is 0 Å². The van der Waals surface area contributed by atoms with Gasteiger partial charge >= 0.3 is 0 Å². The van der Waals surface area contributed by atoms with E-state index in [1.54, 1.807) is 13.8 Å². The number of hydrogen-bond acceptors (Lipinski definition) is 3. The molecular formula is C12H19NO3S. The van der Waals surface area contributed by atoms with Gasteiger partial charge in [0.05, 0.1) is 5.75 Å². The second-order valence-electron chi connectivity index (χ2n) is 4.32. The minimum Gasteiger partial charge on any atom is -0.396 e. The molecule has 0 amide bonds. The third-order valence-corrected chi connectivity index (χ3v) is 4.19. The maximum Gasteiger partial charge on any atom is 0.212 e. The lowest BCUT2D eigenvalue weighted by atomic mass is 10.1. The van der Waals surface area contributed by atoms with Gasteiger partial charge in [0.25, 0.3) is 0 Å². The fourth-order valence-electron chi connectivity index (χ4n) is 1.55. The number of hydrogen-bond donors (Lipinski definition) is 2. The Bertz CT molecular complexity index is 430. The Hall–Kier alpha value is -0.910. The van der Waals surface area contributed by atoms with Crippen LogP contribution in [0, 0.1) is 5.92 Å². The molecule has 17 heavy (non-hydrogen) atoms. The van der Waals surface area contributed by atoms with Crippen LogP contribution in [0.2, 0.25) is 0 Å². The fourth-order valence-corrected chi connectivity index (χ4v) is 3.18. The zero-order valence-electron chi connectivity index (χ0n) is 10.1. The first-order chi connectivity index (χ1) is 7.94. The lowest BCUT2D eigenvalue weighted by Gasteiger charge is -2.16. The lowest BCUT2D eigenvalue weighted by Crippen LogP contribution is -2.32. The van der Waals surface area contributed by atoms with Crippen LogP contribution in [-0.2, 0) is 10.0 Å². The maximum absolute atomic E-state index is 11.8. The van der Waals surface area contributed by atoms with Crippen molar-refractivity contribution in [3.05, 3.63) is 35.9 Å². The van der Waals surface area contributed by atoms with Crippen LogP contribution in [0.5, 0.6) is 0 Å². The lowest BCUT2D eigenvalue weighted by molar-refractivity contribution is 0.249. The highest BCUT2D eigenvalue weighted by Crippen LogP contribution is 2.13. The molecule has 5 heteroatoms. The number of rotatable bonds is 6. The molecule has 0 bridgehead atoms. The second kappa shape index (κ2) is 6.14. The summed E-state index contributed by atoms with van der Waals surface area (Å²) in [4.78, 5) is 0. The summed E-state index contributed by atoms with van der Waals surface area (Å²) in [5.74, 6) is -0.309. The summed E-state index contributed by atoms with van der Waals surface area (Å²) in [7, 11) is -3.35. The van der Waals surface area contributed by atoms with E-state index in [0.29, 0.717) is 0 Å². The van der Waals surface area contributed by atoms with Crippen LogP contribution >= 0.6 is 0 Å². The van der Waals surface area contributed by atoms with Crippen LogP contribution in [0.1, 0.15) is 25.5 Å². The molecule has 0 aliphatic heterocycles. The molecule has 1 rings (SSSR count). The Balaban J connectivity index is 2.65. The summed E-state index contributed by atoms with van der Waals surface area (Å²) in [5.41, 5.74) is 0.924. The van der Waals surface area contributed by atoms with Gasteiger partial charge in [0, 0.05) is 12.6 Å². The molecule has 1 aromatic rings. The predicted molar refractivity (Wildman–Crippen MR) is 68.0 cm³/mol. The van der Waals surface area contributed by atoms with Crippen molar-refractivity contribution >= 4 is 10.0 Å². The van der Waals surface area contributed by atoms with E-state index in [1.807, 2.05) is 30.3 Å². The Morgan fingerprint density at radius 3 is 2.35 bits per heavy atom. The minimum atomic E-state index is -3.35. The molecule has 0 fully saturated rings. The second-order valence-corrected chi connectivity index (χ2v) is 6.12. The summed E-state index contributed by atoms with van der Waals surface area (Å²) in [6, 6.07) is 9.13. The molecule has 0 heterocycles. The van der Waals surface area contributed by atoms with E-state index in [9.17, 15) is 8.42 Å². The number of aliphatic hydroxyl groups excluding tert-OH is 1. The summed E-state index contributed by atoms with van der Waals surface area (Å²) in [6.07, 6.45) is 0. The molecular weight excluding hydrogens is 238 g/mol. The molecule has 0 aliphatic carbocycles. The van der Waals surface area contributed by atoms with Crippen LogP contribution in [0.15, 0.2) is 30.3 Å². The van der Waals surface area contributed by atoms with Crippen molar-refractivity contribution in [3.8, 4) is 0 Å². The highest BCUT2D eigenvalue weighted by molar-refractivity contribution is 7.89. The van der Waals surface area contributed by atoms with Crippen LogP contribution in [0.25, 0.3) is 0 Å². The van der Waals surface area contributed by atoms with Crippen molar-refractivity contribution in [1.29, 1.82) is 0 Å². The largest absolute Gasteiger partial charge is 0.396 e. The Kier molecular flexibility index (Phi) is 5.11. The van der Waals surface area contributed by atoms with Crippen LogP contribution in [0.4, 0.5) is 0 Å². The third kappa shape index (κ3) is 4.85. The summed E-state index contributed by atoms with van der Waals surface area (Å²) in [6.45, 7) is 3.38. The van der Waals surface area contributed by atoms with E-state index >= 15 is 0 Å². The van der Waals surface area contributed by atoms with E-state index in [4.69, 9.17) is 5.11 Å². The molecule has 96 valence electrons. The van der Waals surface area contributed by atoms with Gasteiger partial charge in [0.1, 0.15) is 0 Å². The number of sulfonamides is 1. The molecule has 0 saturated carbocycles.